The molecule has 0 saturated heterocycles. The Hall–Kier alpha value is -6.84. The highest BCUT2D eigenvalue weighted by Gasteiger charge is 2.62. The van der Waals surface area contributed by atoms with Crippen molar-refractivity contribution in [3.8, 4) is 56.2 Å². The molecule has 61 heavy (non-hydrogen) atoms. The zero-order valence-electron chi connectivity index (χ0n) is 33.8. The maximum absolute atomic E-state index is 6.79. The first kappa shape index (κ1) is 33.9. The summed E-state index contributed by atoms with van der Waals surface area (Å²) in [6.45, 7) is 0. The van der Waals surface area contributed by atoms with Gasteiger partial charge in [-0.1, -0.05) is 133 Å². The first-order chi connectivity index (χ1) is 30.2. The normalized spacial score (nSPS) is 22.2. The van der Waals surface area contributed by atoms with Gasteiger partial charge in [0.25, 0.3) is 0 Å². The molecular formula is C58H42N2O. The van der Waals surface area contributed by atoms with Crippen molar-refractivity contribution in [2.45, 2.75) is 37.5 Å². The third kappa shape index (κ3) is 4.86. The van der Waals surface area contributed by atoms with Crippen molar-refractivity contribution in [1.29, 1.82) is 0 Å². The quantitative estimate of drug-likeness (QED) is 0.178. The SMILES string of the molecule is c1ccc(-c2nc(-c3ccc4ccccc4c3)cc(-c3ccccc3-c3cccc4c3C3(c5cc6c(cc5-4)oc4cc5ccccc5cc46)C4CC5CC(C4)CC3C5)n2)cc1. The number of aromatic nitrogens is 2. The number of furan rings is 1. The molecule has 5 aliphatic rings. The molecule has 0 unspecified atom stereocenters. The van der Waals surface area contributed by atoms with Crippen LogP contribution in [0.25, 0.3) is 99.6 Å². The topological polar surface area (TPSA) is 38.9 Å². The molecule has 4 fully saturated rings. The molecule has 2 aromatic heterocycles. The van der Waals surface area contributed by atoms with Gasteiger partial charge in [0.15, 0.2) is 5.82 Å². The van der Waals surface area contributed by atoms with Gasteiger partial charge in [-0.25, -0.2) is 9.97 Å². The van der Waals surface area contributed by atoms with Crippen LogP contribution in [0.2, 0.25) is 0 Å². The van der Waals surface area contributed by atoms with E-state index >= 15 is 0 Å². The first-order valence-electron chi connectivity index (χ1n) is 22.2. The maximum atomic E-state index is 6.79. The first-order valence-corrected chi connectivity index (χ1v) is 22.2. The van der Waals surface area contributed by atoms with Crippen LogP contribution in [-0.4, -0.2) is 9.97 Å². The summed E-state index contributed by atoms with van der Waals surface area (Å²) in [4.78, 5) is 10.7. The van der Waals surface area contributed by atoms with Crippen molar-refractivity contribution in [3.63, 3.8) is 0 Å². The summed E-state index contributed by atoms with van der Waals surface area (Å²) >= 11 is 0. The van der Waals surface area contributed by atoms with Gasteiger partial charge in [0.2, 0.25) is 0 Å². The van der Waals surface area contributed by atoms with Crippen LogP contribution < -0.4 is 0 Å². The van der Waals surface area contributed by atoms with Crippen molar-refractivity contribution in [2.24, 2.45) is 23.7 Å². The fraction of sp³-hybridized carbons (Fsp3) is 0.172. The number of hydrogen-bond acceptors (Lipinski definition) is 3. The zero-order valence-corrected chi connectivity index (χ0v) is 33.8. The summed E-state index contributed by atoms with van der Waals surface area (Å²) in [5.74, 6) is 3.64. The number of hydrogen-bond donors (Lipinski definition) is 0. The fourth-order valence-electron chi connectivity index (χ4n) is 13.2. The fourth-order valence-corrected chi connectivity index (χ4v) is 13.2. The molecule has 0 amide bonds. The smallest absolute Gasteiger partial charge is 0.160 e. The van der Waals surface area contributed by atoms with Gasteiger partial charge in [-0.2, -0.15) is 0 Å². The molecule has 0 aliphatic heterocycles. The van der Waals surface area contributed by atoms with E-state index in [0.29, 0.717) is 11.8 Å². The van der Waals surface area contributed by atoms with Gasteiger partial charge in [0.05, 0.1) is 11.4 Å². The minimum Gasteiger partial charge on any atom is -0.456 e. The molecule has 1 spiro atoms. The number of rotatable bonds is 4. The van der Waals surface area contributed by atoms with E-state index in [0.717, 1.165) is 56.9 Å². The summed E-state index contributed by atoms with van der Waals surface area (Å²) in [7, 11) is 0. The van der Waals surface area contributed by atoms with Gasteiger partial charge >= 0.3 is 0 Å². The van der Waals surface area contributed by atoms with Crippen molar-refractivity contribution in [3.05, 3.63) is 181 Å². The Morgan fingerprint density at radius 2 is 1.00 bits per heavy atom. The lowest BCUT2D eigenvalue weighted by atomic mass is 9.42. The summed E-state index contributed by atoms with van der Waals surface area (Å²) in [6, 6.07) is 62.3. The molecule has 0 atom stereocenters. The van der Waals surface area contributed by atoms with Crippen molar-refractivity contribution < 1.29 is 4.42 Å². The largest absolute Gasteiger partial charge is 0.456 e. The average molecular weight is 783 g/mol. The molecule has 5 aliphatic carbocycles. The molecule has 8 aromatic carbocycles. The molecular weight excluding hydrogens is 741 g/mol. The van der Waals surface area contributed by atoms with Gasteiger partial charge in [-0.05, 0) is 147 Å². The van der Waals surface area contributed by atoms with E-state index in [1.807, 2.05) is 0 Å². The van der Waals surface area contributed by atoms with E-state index in [1.165, 1.54) is 92.2 Å². The van der Waals surface area contributed by atoms with Crippen molar-refractivity contribution >= 4 is 43.5 Å². The van der Waals surface area contributed by atoms with E-state index in [1.54, 1.807) is 5.56 Å². The Balaban J connectivity index is 1.01. The Morgan fingerprint density at radius 3 is 1.77 bits per heavy atom. The van der Waals surface area contributed by atoms with E-state index in [9.17, 15) is 0 Å². The molecule has 3 nitrogen and oxygen atoms in total. The summed E-state index contributed by atoms with van der Waals surface area (Å²) < 4.78 is 6.79. The number of benzene rings is 8. The highest BCUT2D eigenvalue weighted by atomic mass is 16.3. The minimum atomic E-state index is -0.0620. The number of fused-ring (bicyclic) bond motifs is 8. The van der Waals surface area contributed by atoms with Crippen molar-refractivity contribution in [2.75, 3.05) is 0 Å². The van der Waals surface area contributed by atoms with E-state index in [-0.39, 0.29) is 5.41 Å². The van der Waals surface area contributed by atoms with Crippen LogP contribution in [0, 0.1) is 23.7 Å². The molecule has 2 heterocycles. The highest BCUT2D eigenvalue weighted by Crippen LogP contribution is 2.71. The second-order valence-electron chi connectivity index (χ2n) is 18.5. The standard InChI is InChI=1S/C58H42N2O/c1-2-12-37(13-3-1)57-59-52(41-22-21-36-11-4-5-14-38(36)28-41)33-53(60-57)45-18-9-8-17-44(45)46-19-10-20-47-48-32-55-50(49-29-39-15-6-7-16-40(39)30-54(49)61-55)31-51(48)58(56(46)47)42-24-34-23-35(26-42)27-43(58)25-34/h1-22,28-35,42-43H,23-27H2. The summed E-state index contributed by atoms with van der Waals surface area (Å²) in [5.41, 5.74) is 15.4. The van der Waals surface area contributed by atoms with E-state index < -0.39 is 0 Å². The van der Waals surface area contributed by atoms with Gasteiger partial charge in [0, 0.05) is 32.9 Å². The molecule has 0 N–H and O–H groups in total. The molecule has 4 bridgehead atoms. The third-order valence-electron chi connectivity index (χ3n) is 15.4. The number of nitrogens with zero attached hydrogens (tertiary/aromatic N) is 2. The highest BCUT2D eigenvalue weighted by molar-refractivity contribution is 6.12. The van der Waals surface area contributed by atoms with Gasteiger partial charge in [0.1, 0.15) is 11.2 Å². The lowest BCUT2D eigenvalue weighted by Gasteiger charge is -2.61. The molecule has 0 radical (unpaired) electrons. The maximum Gasteiger partial charge on any atom is 0.160 e. The molecule has 290 valence electrons. The van der Waals surface area contributed by atoms with Crippen LogP contribution in [0.1, 0.15) is 43.2 Å². The van der Waals surface area contributed by atoms with Crippen LogP contribution in [0.4, 0.5) is 0 Å². The monoisotopic (exact) mass is 782 g/mol. The van der Waals surface area contributed by atoms with Crippen LogP contribution in [0.3, 0.4) is 0 Å². The summed E-state index contributed by atoms with van der Waals surface area (Å²) in [5, 5.41) is 7.37. The Labute approximate surface area is 354 Å². The molecule has 10 aromatic rings. The minimum absolute atomic E-state index is 0.0620. The Morgan fingerprint density at radius 1 is 0.410 bits per heavy atom. The lowest BCUT2D eigenvalue weighted by molar-refractivity contribution is -0.0396. The van der Waals surface area contributed by atoms with E-state index in [2.05, 4.69) is 170 Å². The van der Waals surface area contributed by atoms with Gasteiger partial charge < -0.3 is 4.42 Å². The van der Waals surface area contributed by atoms with Crippen LogP contribution in [-0.2, 0) is 5.41 Å². The third-order valence-corrected chi connectivity index (χ3v) is 15.4. The van der Waals surface area contributed by atoms with Crippen LogP contribution in [0.5, 0.6) is 0 Å². The second kappa shape index (κ2) is 12.6. The zero-order chi connectivity index (χ0) is 39.8. The summed E-state index contributed by atoms with van der Waals surface area (Å²) in [6.07, 6.45) is 6.69. The Bertz CT molecular complexity index is 3420. The van der Waals surface area contributed by atoms with Gasteiger partial charge in [-0.3, -0.25) is 0 Å². The molecule has 4 saturated carbocycles. The Kier molecular flexibility index (Phi) is 7.01. The van der Waals surface area contributed by atoms with E-state index in [4.69, 9.17) is 14.4 Å². The predicted octanol–water partition coefficient (Wildman–Crippen LogP) is 15.1. The average Bonchev–Trinajstić information content (AvgIpc) is 3.80. The lowest BCUT2D eigenvalue weighted by Crippen LogP contribution is -2.55. The van der Waals surface area contributed by atoms with Crippen molar-refractivity contribution in [1.82, 2.24) is 9.97 Å². The van der Waals surface area contributed by atoms with Gasteiger partial charge in [-0.15, -0.1) is 0 Å². The predicted molar refractivity (Wildman–Crippen MR) is 249 cm³/mol. The molecule has 15 rings (SSSR count). The second-order valence-corrected chi connectivity index (χ2v) is 18.5. The molecule has 3 heteroatoms. The van der Waals surface area contributed by atoms with Crippen LogP contribution in [0.15, 0.2) is 174 Å². The van der Waals surface area contributed by atoms with Crippen LogP contribution >= 0.6 is 0 Å².